The summed E-state index contributed by atoms with van der Waals surface area (Å²) >= 11 is 5.89. The SMILES string of the molecule is Cc1ccc(Cl)cc1NC(=O)COC(=O)c1cc(=O)c2ccccc2o1. The Hall–Kier alpha value is -3.12. The molecule has 3 rings (SSSR count). The molecule has 2 aromatic carbocycles. The van der Waals surface area contributed by atoms with Gasteiger partial charge in [0.1, 0.15) is 5.58 Å². The summed E-state index contributed by atoms with van der Waals surface area (Å²) in [6.07, 6.45) is 0. The molecule has 0 aliphatic heterocycles. The number of nitrogens with one attached hydrogen (secondary N) is 1. The van der Waals surface area contributed by atoms with Crippen LogP contribution in [0.25, 0.3) is 11.0 Å². The van der Waals surface area contributed by atoms with Gasteiger partial charge in [-0.15, -0.1) is 0 Å². The van der Waals surface area contributed by atoms with Crippen LogP contribution < -0.4 is 10.7 Å². The van der Waals surface area contributed by atoms with Gasteiger partial charge in [-0.05, 0) is 36.8 Å². The van der Waals surface area contributed by atoms with Crippen LogP contribution in [0.15, 0.2) is 57.7 Å². The minimum absolute atomic E-state index is 0.263. The molecule has 132 valence electrons. The van der Waals surface area contributed by atoms with Crippen LogP contribution in [0.1, 0.15) is 16.1 Å². The molecule has 0 unspecified atom stereocenters. The molecule has 7 heteroatoms. The van der Waals surface area contributed by atoms with Crippen molar-refractivity contribution in [1.82, 2.24) is 0 Å². The van der Waals surface area contributed by atoms with E-state index in [-0.39, 0.29) is 16.8 Å². The Morgan fingerprint density at radius 2 is 1.92 bits per heavy atom. The van der Waals surface area contributed by atoms with E-state index in [0.29, 0.717) is 16.1 Å². The molecule has 0 bridgehead atoms. The molecule has 1 heterocycles. The second-order valence-electron chi connectivity index (χ2n) is 5.55. The highest BCUT2D eigenvalue weighted by molar-refractivity contribution is 6.31. The van der Waals surface area contributed by atoms with Crippen molar-refractivity contribution in [2.45, 2.75) is 6.92 Å². The Morgan fingerprint density at radius 3 is 2.73 bits per heavy atom. The Balaban J connectivity index is 1.68. The van der Waals surface area contributed by atoms with Crippen LogP contribution in [0.5, 0.6) is 0 Å². The number of ether oxygens (including phenoxy) is 1. The van der Waals surface area contributed by atoms with E-state index in [2.05, 4.69) is 5.32 Å². The molecule has 1 N–H and O–H groups in total. The summed E-state index contributed by atoms with van der Waals surface area (Å²) in [4.78, 5) is 36.0. The number of hydrogen-bond acceptors (Lipinski definition) is 5. The Bertz CT molecular complexity index is 1060. The molecule has 0 spiro atoms. The minimum Gasteiger partial charge on any atom is -0.450 e. The summed E-state index contributed by atoms with van der Waals surface area (Å²) in [7, 11) is 0. The van der Waals surface area contributed by atoms with Gasteiger partial charge < -0.3 is 14.5 Å². The summed E-state index contributed by atoms with van der Waals surface area (Å²) in [5.41, 5.74) is 1.24. The molecule has 0 fully saturated rings. The van der Waals surface area contributed by atoms with Crippen molar-refractivity contribution in [3.8, 4) is 0 Å². The highest BCUT2D eigenvalue weighted by Gasteiger charge is 2.15. The largest absolute Gasteiger partial charge is 0.450 e. The van der Waals surface area contributed by atoms with Crippen molar-refractivity contribution in [3.05, 3.63) is 75.1 Å². The molecule has 26 heavy (non-hydrogen) atoms. The number of fused-ring (bicyclic) bond motifs is 1. The number of rotatable bonds is 4. The van der Waals surface area contributed by atoms with Crippen LogP contribution in [0.3, 0.4) is 0 Å². The van der Waals surface area contributed by atoms with Gasteiger partial charge in [-0.1, -0.05) is 29.8 Å². The van der Waals surface area contributed by atoms with E-state index in [9.17, 15) is 14.4 Å². The summed E-state index contributed by atoms with van der Waals surface area (Å²) < 4.78 is 10.3. The van der Waals surface area contributed by atoms with Crippen LogP contribution in [0.2, 0.25) is 5.02 Å². The van der Waals surface area contributed by atoms with E-state index in [4.69, 9.17) is 20.8 Å². The summed E-state index contributed by atoms with van der Waals surface area (Å²) in [5, 5.41) is 3.44. The van der Waals surface area contributed by atoms with E-state index < -0.39 is 18.5 Å². The van der Waals surface area contributed by atoms with Gasteiger partial charge in [-0.2, -0.15) is 0 Å². The second-order valence-corrected chi connectivity index (χ2v) is 5.99. The first-order valence-corrected chi connectivity index (χ1v) is 8.08. The maximum Gasteiger partial charge on any atom is 0.374 e. The first kappa shape index (κ1) is 17.7. The van der Waals surface area contributed by atoms with Crippen molar-refractivity contribution in [3.63, 3.8) is 0 Å². The van der Waals surface area contributed by atoms with Crippen LogP contribution in [0.4, 0.5) is 5.69 Å². The van der Waals surface area contributed by atoms with Crippen LogP contribution in [-0.2, 0) is 9.53 Å². The van der Waals surface area contributed by atoms with E-state index in [1.54, 1.807) is 42.5 Å². The highest BCUT2D eigenvalue weighted by atomic mass is 35.5. The molecule has 1 amide bonds. The number of esters is 1. The van der Waals surface area contributed by atoms with Crippen LogP contribution in [-0.4, -0.2) is 18.5 Å². The number of benzene rings is 2. The predicted octanol–water partition coefficient (Wildman–Crippen LogP) is 3.55. The van der Waals surface area contributed by atoms with Gasteiger partial charge in [-0.3, -0.25) is 9.59 Å². The molecule has 0 atom stereocenters. The first-order chi connectivity index (χ1) is 12.4. The predicted molar refractivity (Wildman–Crippen MR) is 97.6 cm³/mol. The van der Waals surface area contributed by atoms with E-state index >= 15 is 0 Å². The molecule has 0 aliphatic rings. The Kier molecular flexibility index (Phi) is 5.04. The molecule has 0 saturated carbocycles. The van der Waals surface area contributed by atoms with Crippen LogP contribution >= 0.6 is 11.6 Å². The lowest BCUT2D eigenvalue weighted by atomic mass is 10.2. The third kappa shape index (κ3) is 3.92. The number of para-hydroxylation sites is 1. The van der Waals surface area contributed by atoms with Gasteiger partial charge in [0, 0.05) is 16.8 Å². The van der Waals surface area contributed by atoms with Gasteiger partial charge in [0.25, 0.3) is 5.91 Å². The van der Waals surface area contributed by atoms with Gasteiger partial charge in [-0.25, -0.2) is 4.79 Å². The average Bonchev–Trinajstić information content (AvgIpc) is 2.62. The minimum atomic E-state index is -0.897. The van der Waals surface area contributed by atoms with Crippen molar-refractivity contribution >= 4 is 40.1 Å². The van der Waals surface area contributed by atoms with Gasteiger partial charge >= 0.3 is 5.97 Å². The molecular formula is C19H14ClNO5. The lowest BCUT2D eigenvalue weighted by molar-refractivity contribution is -0.119. The third-order valence-electron chi connectivity index (χ3n) is 3.64. The molecule has 0 radical (unpaired) electrons. The number of hydrogen-bond donors (Lipinski definition) is 1. The van der Waals surface area contributed by atoms with Crippen molar-refractivity contribution in [2.24, 2.45) is 0 Å². The number of amides is 1. The van der Waals surface area contributed by atoms with Gasteiger partial charge in [0.05, 0.1) is 5.39 Å². The fourth-order valence-electron chi connectivity index (χ4n) is 2.32. The summed E-state index contributed by atoms with van der Waals surface area (Å²) in [5.74, 6) is -1.70. The first-order valence-electron chi connectivity index (χ1n) is 7.70. The zero-order chi connectivity index (χ0) is 18.7. The van der Waals surface area contributed by atoms with Crippen molar-refractivity contribution in [2.75, 3.05) is 11.9 Å². The molecule has 3 aromatic rings. The van der Waals surface area contributed by atoms with Crippen LogP contribution in [0, 0.1) is 6.92 Å². The highest BCUT2D eigenvalue weighted by Crippen LogP contribution is 2.20. The molecule has 0 aliphatic carbocycles. The quantitative estimate of drug-likeness (QED) is 0.709. The molecule has 1 aromatic heterocycles. The number of carbonyl (C=O) groups excluding carboxylic acids is 2. The fourth-order valence-corrected chi connectivity index (χ4v) is 2.49. The maximum absolute atomic E-state index is 12.1. The Morgan fingerprint density at radius 1 is 1.15 bits per heavy atom. The Labute approximate surface area is 153 Å². The smallest absolute Gasteiger partial charge is 0.374 e. The second kappa shape index (κ2) is 7.41. The average molecular weight is 372 g/mol. The molecule has 6 nitrogen and oxygen atoms in total. The number of aryl methyl sites for hydroxylation is 1. The summed E-state index contributed by atoms with van der Waals surface area (Å²) in [6.45, 7) is 1.28. The van der Waals surface area contributed by atoms with E-state index in [0.717, 1.165) is 11.6 Å². The van der Waals surface area contributed by atoms with E-state index in [1.807, 2.05) is 6.92 Å². The van der Waals surface area contributed by atoms with Crippen molar-refractivity contribution < 1.29 is 18.7 Å². The number of halogens is 1. The third-order valence-corrected chi connectivity index (χ3v) is 3.88. The normalized spacial score (nSPS) is 10.5. The maximum atomic E-state index is 12.1. The lowest BCUT2D eigenvalue weighted by Crippen LogP contribution is -2.21. The number of anilines is 1. The molecular weight excluding hydrogens is 358 g/mol. The zero-order valence-corrected chi connectivity index (χ0v) is 14.5. The topological polar surface area (TPSA) is 85.6 Å². The zero-order valence-electron chi connectivity index (χ0n) is 13.7. The van der Waals surface area contributed by atoms with Gasteiger partial charge in [0.2, 0.25) is 5.76 Å². The fraction of sp³-hybridized carbons (Fsp3) is 0.105. The monoisotopic (exact) mass is 371 g/mol. The number of carbonyl (C=O) groups is 2. The van der Waals surface area contributed by atoms with E-state index in [1.165, 1.54) is 0 Å². The van der Waals surface area contributed by atoms with Crippen molar-refractivity contribution in [1.29, 1.82) is 0 Å². The summed E-state index contributed by atoms with van der Waals surface area (Å²) in [6, 6.07) is 12.6. The van der Waals surface area contributed by atoms with Gasteiger partial charge in [0.15, 0.2) is 12.0 Å². The standard InChI is InChI=1S/C19H14ClNO5/c1-11-6-7-12(20)8-14(11)21-18(23)10-25-19(24)17-9-15(22)13-4-2-3-5-16(13)26-17/h2-9H,10H2,1H3,(H,21,23). The molecule has 0 saturated heterocycles. The lowest BCUT2D eigenvalue weighted by Gasteiger charge is -2.09.